The van der Waals surface area contributed by atoms with Crippen LogP contribution in [0.3, 0.4) is 0 Å². The van der Waals surface area contributed by atoms with Gasteiger partial charge >= 0.3 is 0 Å². The van der Waals surface area contributed by atoms with Gasteiger partial charge in [0.15, 0.2) is 15.7 Å². The molecule has 2 aliphatic rings. The van der Waals surface area contributed by atoms with Gasteiger partial charge in [-0.2, -0.15) is 4.72 Å². The molecular weight excluding hydrogens is 246 g/mol. The van der Waals surface area contributed by atoms with E-state index in [0.29, 0.717) is 5.92 Å². The number of carbonyl (C=O) groups is 1. The number of nitrogens with one attached hydrogen (secondary N) is 1. The third-order valence-electron chi connectivity index (χ3n) is 4.30. The summed E-state index contributed by atoms with van der Waals surface area (Å²) >= 11 is 0. The Balaban J connectivity index is 1.77. The lowest BCUT2D eigenvalue weighted by atomic mass is 10.2. The molecule has 0 aromatic carbocycles. The molecular formula is C14H24NO2S+. The quantitative estimate of drug-likeness (QED) is 0.319. The van der Waals surface area contributed by atoms with Gasteiger partial charge in [-0.15, -0.1) is 6.58 Å². The number of unbranched alkanes of at least 4 members (excludes halogenated alkanes) is 1. The first-order valence-corrected chi connectivity index (χ1v) is 8.27. The number of carbonyl (C=O) groups excluding carboxylic acids is 1. The Morgan fingerprint density at radius 3 is 2.78 bits per heavy atom. The predicted molar refractivity (Wildman–Crippen MR) is 75.5 cm³/mol. The van der Waals surface area contributed by atoms with Crippen molar-refractivity contribution in [1.29, 1.82) is 0 Å². The lowest BCUT2D eigenvalue weighted by Gasteiger charge is -2.09. The summed E-state index contributed by atoms with van der Waals surface area (Å²) < 4.78 is 15.0. The minimum absolute atomic E-state index is 0.0259. The highest BCUT2D eigenvalue weighted by molar-refractivity contribution is 7.85. The molecule has 3 nitrogen and oxygen atoms in total. The van der Waals surface area contributed by atoms with Gasteiger partial charge in [0, 0.05) is 18.8 Å². The van der Waals surface area contributed by atoms with E-state index in [1.807, 2.05) is 6.08 Å². The normalized spacial score (nSPS) is 29.4. The molecule has 1 amide bonds. The van der Waals surface area contributed by atoms with Crippen molar-refractivity contribution >= 4 is 16.9 Å². The monoisotopic (exact) mass is 270 g/mol. The summed E-state index contributed by atoms with van der Waals surface area (Å²) in [5, 5.41) is 0. The second kappa shape index (κ2) is 5.55. The lowest BCUT2D eigenvalue weighted by Crippen LogP contribution is -2.35. The van der Waals surface area contributed by atoms with Crippen LogP contribution in [-0.4, -0.2) is 10.7 Å². The molecule has 2 saturated carbocycles. The maximum Gasteiger partial charge on any atom is 0.263 e. The summed E-state index contributed by atoms with van der Waals surface area (Å²) in [6.07, 6.45) is 8.90. The second-order valence-corrected chi connectivity index (χ2v) is 7.45. The van der Waals surface area contributed by atoms with Crippen molar-refractivity contribution in [3.63, 3.8) is 0 Å². The Hall–Kier alpha value is -0.640. The van der Waals surface area contributed by atoms with Crippen LogP contribution in [0.15, 0.2) is 12.7 Å². The molecule has 0 radical (unpaired) electrons. The van der Waals surface area contributed by atoms with Crippen LogP contribution in [-0.2, 0) is 20.0 Å². The van der Waals surface area contributed by atoms with Crippen LogP contribution in [0.25, 0.3) is 0 Å². The average Bonchev–Trinajstić information content (AvgIpc) is 3.24. The number of allylic oxidation sites excluding steroid dienone is 1. The van der Waals surface area contributed by atoms with Gasteiger partial charge < -0.3 is 0 Å². The molecule has 3 atom stereocenters. The number of rotatable bonds is 8. The molecule has 0 aromatic rings. The zero-order valence-electron chi connectivity index (χ0n) is 11.2. The van der Waals surface area contributed by atoms with Gasteiger partial charge in [0.2, 0.25) is 0 Å². The molecule has 1 unspecified atom stereocenters. The molecule has 0 aromatic heterocycles. The molecule has 0 heterocycles. The first kappa shape index (κ1) is 13.8. The van der Waals surface area contributed by atoms with Crippen molar-refractivity contribution in [1.82, 2.24) is 4.72 Å². The average molecular weight is 270 g/mol. The van der Waals surface area contributed by atoms with E-state index in [4.69, 9.17) is 0 Å². The van der Waals surface area contributed by atoms with E-state index in [9.17, 15) is 9.00 Å². The summed E-state index contributed by atoms with van der Waals surface area (Å²) in [7, 11) is -1.57. The Kier molecular flexibility index (Phi) is 4.25. The van der Waals surface area contributed by atoms with E-state index in [-0.39, 0.29) is 16.6 Å². The molecule has 102 valence electrons. The molecule has 4 heteroatoms. The molecule has 0 bridgehead atoms. The van der Waals surface area contributed by atoms with E-state index >= 15 is 0 Å². The first-order valence-electron chi connectivity index (χ1n) is 7.01. The van der Waals surface area contributed by atoms with Gasteiger partial charge in [0.05, 0.1) is 0 Å². The smallest absolute Gasteiger partial charge is 0.263 e. The largest absolute Gasteiger partial charge is 0.271 e. The highest BCUT2D eigenvalue weighted by Gasteiger charge is 2.55. The van der Waals surface area contributed by atoms with E-state index in [0.717, 1.165) is 44.9 Å². The molecule has 18 heavy (non-hydrogen) atoms. The molecule has 1 N–H and O–H groups in total. The molecule has 2 rings (SSSR count). The summed E-state index contributed by atoms with van der Waals surface area (Å²) in [5.74, 6) is 0.695. The fourth-order valence-corrected chi connectivity index (χ4v) is 4.08. The molecule has 0 saturated heterocycles. The highest BCUT2D eigenvalue weighted by Crippen LogP contribution is 2.46. The van der Waals surface area contributed by atoms with Gasteiger partial charge in [-0.05, 0) is 31.6 Å². The van der Waals surface area contributed by atoms with Gasteiger partial charge in [-0.3, -0.25) is 4.79 Å². The van der Waals surface area contributed by atoms with Crippen molar-refractivity contribution in [3.05, 3.63) is 12.7 Å². The summed E-state index contributed by atoms with van der Waals surface area (Å²) in [4.78, 5) is 11.9. The van der Waals surface area contributed by atoms with Crippen LogP contribution in [0.5, 0.6) is 0 Å². The molecule has 2 aliphatic carbocycles. The van der Waals surface area contributed by atoms with E-state index in [1.54, 1.807) is 0 Å². The highest BCUT2D eigenvalue weighted by atomic mass is 32.2. The van der Waals surface area contributed by atoms with Crippen LogP contribution < -0.4 is 4.72 Å². The Morgan fingerprint density at radius 2 is 2.28 bits per heavy atom. The van der Waals surface area contributed by atoms with Crippen molar-refractivity contribution in [2.45, 2.75) is 56.6 Å². The third-order valence-corrected chi connectivity index (χ3v) is 6.26. The molecule has 0 spiro atoms. The van der Waals surface area contributed by atoms with Crippen LogP contribution in [0.1, 0.15) is 51.9 Å². The number of hydrogen-bond donors (Lipinski definition) is 1. The fourth-order valence-electron chi connectivity index (χ4n) is 2.60. The standard InChI is InChI=1S/C14H23NO2S/c1-3-5-6-7-14(8-9-14)18(17)15-13(16)12-10-11(12)4-2/h3,11-12H,1,4-10H2,2H3,(H,15,16,17)/p+1/t11-,12+,18?/m1/s1. The van der Waals surface area contributed by atoms with Gasteiger partial charge in [-0.25, -0.2) is 0 Å². The zero-order valence-corrected chi connectivity index (χ0v) is 12.0. The van der Waals surface area contributed by atoms with E-state index < -0.39 is 11.0 Å². The van der Waals surface area contributed by atoms with Crippen LogP contribution in [0.4, 0.5) is 0 Å². The van der Waals surface area contributed by atoms with Gasteiger partial charge in [0.25, 0.3) is 5.91 Å². The van der Waals surface area contributed by atoms with Crippen molar-refractivity contribution in [2.75, 3.05) is 0 Å². The predicted octanol–water partition coefficient (Wildman–Crippen LogP) is 2.65. The number of thiol groups is 1. The van der Waals surface area contributed by atoms with Gasteiger partial charge in [0.1, 0.15) is 0 Å². The van der Waals surface area contributed by atoms with Crippen molar-refractivity contribution in [3.8, 4) is 0 Å². The molecule has 2 fully saturated rings. The minimum Gasteiger partial charge on any atom is -0.271 e. The third kappa shape index (κ3) is 3.02. The maximum absolute atomic E-state index is 12.2. The minimum atomic E-state index is -1.57. The Labute approximate surface area is 112 Å². The second-order valence-electron chi connectivity index (χ2n) is 5.69. The maximum atomic E-state index is 12.2. The Morgan fingerprint density at radius 1 is 1.56 bits per heavy atom. The summed E-state index contributed by atoms with van der Waals surface area (Å²) in [6.45, 7) is 5.81. The molecule has 0 aliphatic heterocycles. The SMILES string of the molecule is C=CCCCC1([SH+](=O)NC(=O)[C@H]2C[C@H]2CC)CC1. The van der Waals surface area contributed by atoms with Gasteiger partial charge in [-0.1, -0.05) is 23.6 Å². The number of hydrogen-bond acceptors (Lipinski definition) is 2. The summed E-state index contributed by atoms with van der Waals surface area (Å²) in [5.41, 5.74) is 0. The zero-order chi connectivity index (χ0) is 13.2. The lowest BCUT2D eigenvalue weighted by molar-refractivity contribution is -0.120. The van der Waals surface area contributed by atoms with Crippen molar-refractivity contribution in [2.24, 2.45) is 11.8 Å². The van der Waals surface area contributed by atoms with Crippen LogP contribution in [0, 0.1) is 11.8 Å². The fraction of sp³-hybridized carbons (Fsp3) is 0.786. The number of amides is 1. The van der Waals surface area contributed by atoms with Crippen LogP contribution >= 0.6 is 0 Å². The van der Waals surface area contributed by atoms with E-state index in [1.165, 1.54) is 0 Å². The Bertz CT molecular complexity index is 363. The van der Waals surface area contributed by atoms with Crippen LogP contribution in [0.2, 0.25) is 0 Å². The van der Waals surface area contributed by atoms with E-state index in [2.05, 4.69) is 18.2 Å². The summed E-state index contributed by atoms with van der Waals surface area (Å²) in [6, 6.07) is 0. The van der Waals surface area contributed by atoms with Crippen molar-refractivity contribution < 1.29 is 9.00 Å². The topological polar surface area (TPSA) is 46.2 Å². The first-order chi connectivity index (χ1) is 8.63.